The van der Waals surface area contributed by atoms with Crippen LogP contribution in [0.4, 0.5) is 0 Å². The minimum atomic E-state index is -0.641. The number of para-hydroxylation sites is 8. The average Bonchev–Trinajstić information content (AvgIpc) is 1.86. The first-order chi connectivity index (χ1) is 45.0. The second-order valence-electron chi connectivity index (χ2n) is 24.9. The van der Waals surface area contributed by atoms with Crippen molar-refractivity contribution in [2.24, 2.45) is 0 Å². The van der Waals surface area contributed by atoms with Gasteiger partial charge < -0.3 is 18.3 Å². The molecule has 0 aliphatic heterocycles. The SMILES string of the molecule is Cc1cc(C2(c3ccc(-c4cc(-n5c6ccccc6c6ccccc65)cc(-n5c6ccccc6c6ccccc65)c4)c(C)c3)c3ccccc3-c3ccccc32)ccc1-c1cc(-n2c3ccccc3c3ccccc32)cc(-n2c3ccccc3c3ccccc32)c1. The van der Waals surface area contributed by atoms with E-state index in [1.54, 1.807) is 0 Å². The normalized spacial score (nSPS) is 12.8. The molecule has 1 aliphatic carbocycles. The summed E-state index contributed by atoms with van der Waals surface area (Å²) in [4.78, 5) is 0. The summed E-state index contributed by atoms with van der Waals surface area (Å²) in [5, 5.41) is 9.93. The zero-order valence-electron chi connectivity index (χ0n) is 50.3. The van der Waals surface area contributed by atoms with Crippen molar-refractivity contribution in [1.82, 2.24) is 18.3 Å². The molecule has 0 N–H and O–H groups in total. The standard InChI is InChI=1S/C87H58N4/c1-55-47-59(43-45-65(55)57-49-61(88-79-35-15-5-25-69(79)70-26-6-16-36-80(70)88)53-62(50-57)89-81-37-17-7-27-71(81)72-28-8-18-38-82(72)89)87(77-33-13-3-23-67(77)68-24-4-14-34-78(68)87)60-44-46-66(56(2)48-60)58-51-63(90-83-39-19-9-29-73(83)74-30-10-20-40-84(74)90)54-64(52-58)91-85-41-21-11-31-75(85)76-32-12-22-42-86(76)91/h3-54H,1-2H3. The molecular formula is C87H58N4. The molecule has 91 heavy (non-hydrogen) atoms. The first-order valence-corrected chi connectivity index (χ1v) is 31.6. The van der Waals surface area contributed by atoms with E-state index >= 15 is 0 Å². The number of aryl methyl sites for hydroxylation is 2. The summed E-state index contributed by atoms with van der Waals surface area (Å²) in [5.41, 5.74) is 28.0. The number of hydrogen-bond acceptors (Lipinski definition) is 0. The Hall–Kier alpha value is -11.7. The zero-order chi connectivity index (χ0) is 60.1. The van der Waals surface area contributed by atoms with Crippen molar-refractivity contribution in [2.45, 2.75) is 19.3 Å². The quantitative estimate of drug-likeness (QED) is 0.144. The van der Waals surface area contributed by atoms with E-state index in [1.165, 1.54) is 143 Å². The third kappa shape index (κ3) is 7.39. The van der Waals surface area contributed by atoms with Crippen LogP contribution in [0.2, 0.25) is 0 Å². The lowest BCUT2D eigenvalue weighted by Crippen LogP contribution is -2.29. The maximum Gasteiger partial charge on any atom is 0.0713 e. The first-order valence-electron chi connectivity index (χ1n) is 31.6. The molecule has 4 heterocycles. The molecule has 18 aromatic rings. The molecule has 14 aromatic carbocycles. The van der Waals surface area contributed by atoms with E-state index in [4.69, 9.17) is 0 Å². The molecule has 4 heteroatoms. The second-order valence-corrected chi connectivity index (χ2v) is 24.9. The lowest BCUT2D eigenvalue weighted by Gasteiger charge is -2.35. The van der Waals surface area contributed by atoms with E-state index < -0.39 is 5.41 Å². The first kappa shape index (κ1) is 51.3. The molecule has 19 rings (SSSR count). The molecule has 4 aromatic heterocycles. The van der Waals surface area contributed by atoms with Crippen molar-refractivity contribution in [2.75, 3.05) is 0 Å². The Bertz CT molecular complexity index is 5230. The molecule has 0 saturated carbocycles. The van der Waals surface area contributed by atoms with Crippen LogP contribution >= 0.6 is 0 Å². The Labute approximate surface area is 526 Å². The van der Waals surface area contributed by atoms with Gasteiger partial charge in [-0.2, -0.15) is 0 Å². The van der Waals surface area contributed by atoms with Crippen LogP contribution in [-0.4, -0.2) is 18.3 Å². The highest BCUT2D eigenvalue weighted by molar-refractivity contribution is 6.13. The van der Waals surface area contributed by atoms with Gasteiger partial charge in [-0.25, -0.2) is 0 Å². The van der Waals surface area contributed by atoms with Crippen LogP contribution in [0.3, 0.4) is 0 Å². The van der Waals surface area contributed by atoms with Crippen molar-refractivity contribution >= 4 is 87.2 Å². The van der Waals surface area contributed by atoms with Crippen LogP contribution in [0.15, 0.2) is 315 Å². The van der Waals surface area contributed by atoms with Crippen LogP contribution in [0.1, 0.15) is 33.4 Å². The molecule has 0 saturated heterocycles. The number of rotatable bonds is 8. The minimum Gasteiger partial charge on any atom is -0.309 e. The van der Waals surface area contributed by atoms with Gasteiger partial charge in [0.2, 0.25) is 0 Å². The number of hydrogen-bond donors (Lipinski definition) is 0. The fraction of sp³-hybridized carbons (Fsp3) is 0.0345. The van der Waals surface area contributed by atoms with Crippen LogP contribution in [-0.2, 0) is 5.41 Å². The van der Waals surface area contributed by atoms with E-state index in [1.807, 2.05) is 0 Å². The van der Waals surface area contributed by atoms with Gasteiger partial charge in [-0.1, -0.05) is 231 Å². The lowest BCUT2D eigenvalue weighted by atomic mass is 9.66. The molecule has 426 valence electrons. The van der Waals surface area contributed by atoms with Crippen LogP contribution in [0.25, 0.3) is 143 Å². The van der Waals surface area contributed by atoms with Crippen molar-refractivity contribution < 1.29 is 0 Å². The second kappa shape index (κ2) is 19.6. The van der Waals surface area contributed by atoms with Gasteiger partial charge in [-0.3, -0.25) is 0 Å². The molecule has 0 spiro atoms. The van der Waals surface area contributed by atoms with Gasteiger partial charge in [0.05, 0.1) is 49.5 Å². The number of fused-ring (bicyclic) bond motifs is 15. The van der Waals surface area contributed by atoms with Gasteiger partial charge in [0.15, 0.2) is 0 Å². The van der Waals surface area contributed by atoms with Crippen LogP contribution in [0, 0.1) is 13.8 Å². The van der Waals surface area contributed by atoms with Crippen LogP contribution in [0.5, 0.6) is 0 Å². The number of aromatic nitrogens is 4. The van der Waals surface area contributed by atoms with Gasteiger partial charge in [0.25, 0.3) is 0 Å². The van der Waals surface area contributed by atoms with Gasteiger partial charge in [0.1, 0.15) is 0 Å². The molecular weight excluding hydrogens is 1100 g/mol. The fourth-order valence-electron chi connectivity index (χ4n) is 16.3. The Morgan fingerprint density at radius 2 is 0.440 bits per heavy atom. The summed E-state index contributed by atoms with van der Waals surface area (Å²) in [6, 6.07) is 118. The molecule has 0 unspecified atom stereocenters. The highest BCUT2D eigenvalue weighted by atomic mass is 15.0. The lowest BCUT2D eigenvalue weighted by molar-refractivity contribution is 0.766. The number of benzene rings is 14. The Kier molecular flexibility index (Phi) is 11.1. The van der Waals surface area contributed by atoms with E-state index in [0.29, 0.717) is 0 Å². The zero-order valence-corrected chi connectivity index (χ0v) is 50.3. The fourth-order valence-corrected chi connectivity index (χ4v) is 16.3. The summed E-state index contributed by atoms with van der Waals surface area (Å²) in [7, 11) is 0. The maximum atomic E-state index is 2.50. The van der Waals surface area contributed by atoms with Gasteiger partial charge in [-0.05, 0) is 166 Å². The predicted molar refractivity (Wildman–Crippen MR) is 381 cm³/mol. The number of nitrogens with zero attached hydrogens (tertiary/aromatic N) is 4. The van der Waals surface area contributed by atoms with Crippen LogP contribution < -0.4 is 0 Å². The molecule has 4 nitrogen and oxygen atoms in total. The predicted octanol–water partition coefficient (Wildman–Crippen LogP) is 22.4. The largest absolute Gasteiger partial charge is 0.309 e. The Balaban J connectivity index is 0.819. The van der Waals surface area contributed by atoms with Crippen molar-refractivity contribution in [3.63, 3.8) is 0 Å². The Morgan fingerprint density at radius 1 is 0.209 bits per heavy atom. The molecule has 0 radical (unpaired) electrons. The highest BCUT2D eigenvalue weighted by Gasteiger charge is 2.46. The molecule has 0 fully saturated rings. The summed E-state index contributed by atoms with van der Waals surface area (Å²) in [5.74, 6) is 0. The maximum absolute atomic E-state index is 2.50. The summed E-state index contributed by atoms with van der Waals surface area (Å²) in [6.45, 7) is 4.64. The summed E-state index contributed by atoms with van der Waals surface area (Å²) >= 11 is 0. The van der Waals surface area contributed by atoms with Crippen molar-refractivity contribution in [3.05, 3.63) is 349 Å². The summed E-state index contributed by atoms with van der Waals surface area (Å²) in [6.07, 6.45) is 0. The van der Waals surface area contributed by atoms with Crippen molar-refractivity contribution in [1.29, 1.82) is 0 Å². The summed E-state index contributed by atoms with van der Waals surface area (Å²) < 4.78 is 9.87. The molecule has 0 amide bonds. The molecule has 0 bridgehead atoms. The van der Waals surface area contributed by atoms with Gasteiger partial charge >= 0.3 is 0 Å². The topological polar surface area (TPSA) is 19.7 Å². The van der Waals surface area contributed by atoms with E-state index in [2.05, 4.69) is 348 Å². The smallest absolute Gasteiger partial charge is 0.0713 e. The van der Waals surface area contributed by atoms with Crippen molar-refractivity contribution in [3.8, 4) is 56.1 Å². The Morgan fingerprint density at radius 3 is 0.692 bits per heavy atom. The monoisotopic (exact) mass is 1160 g/mol. The molecule has 1 aliphatic rings. The van der Waals surface area contributed by atoms with E-state index in [-0.39, 0.29) is 0 Å². The van der Waals surface area contributed by atoms with E-state index in [9.17, 15) is 0 Å². The van der Waals surface area contributed by atoms with Gasteiger partial charge in [0, 0.05) is 65.8 Å². The minimum absolute atomic E-state index is 0.641. The third-order valence-electron chi connectivity index (χ3n) is 20.1. The molecule has 0 atom stereocenters. The van der Waals surface area contributed by atoms with Gasteiger partial charge in [-0.15, -0.1) is 0 Å². The third-order valence-corrected chi connectivity index (χ3v) is 20.1. The highest BCUT2D eigenvalue weighted by Crippen LogP contribution is 2.57. The van der Waals surface area contributed by atoms with E-state index in [0.717, 1.165) is 33.9 Å². The average molecular weight is 1160 g/mol.